The van der Waals surface area contributed by atoms with Crippen LogP contribution in [-0.2, 0) is 0 Å². The molecule has 0 fully saturated rings. The van der Waals surface area contributed by atoms with Crippen molar-refractivity contribution in [2.75, 3.05) is 19.7 Å². The van der Waals surface area contributed by atoms with Gasteiger partial charge in [0, 0.05) is 12.6 Å². The van der Waals surface area contributed by atoms with Crippen LogP contribution in [0.15, 0.2) is 22.7 Å². The fourth-order valence-corrected chi connectivity index (χ4v) is 1.50. The summed E-state index contributed by atoms with van der Waals surface area (Å²) in [5.74, 6) is 0.0244. The maximum absolute atomic E-state index is 13.2. The van der Waals surface area contributed by atoms with Crippen LogP contribution in [0.3, 0.4) is 0 Å². The van der Waals surface area contributed by atoms with Gasteiger partial charge in [0.1, 0.15) is 23.8 Å². The molecule has 0 saturated heterocycles. The molecule has 0 aliphatic rings. The van der Waals surface area contributed by atoms with Crippen LogP contribution < -0.4 is 10.1 Å². The first-order valence-electron chi connectivity index (χ1n) is 5.45. The van der Waals surface area contributed by atoms with Crippen molar-refractivity contribution in [3.63, 3.8) is 0 Å². The number of ether oxygens (including phenoxy) is 1. The molecular formula is C12H17BrFNO2. The second-order valence-electron chi connectivity index (χ2n) is 4.14. The van der Waals surface area contributed by atoms with Gasteiger partial charge in [-0.15, -0.1) is 0 Å². The van der Waals surface area contributed by atoms with Crippen molar-refractivity contribution in [2.24, 2.45) is 0 Å². The Kier molecular flexibility index (Phi) is 5.36. The summed E-state index contributed by atoms with van der Waals surface area (Å²) < 4.78 is 18.9. The van der Waals surface area contributed by atoms with Crippen molar-refractivity contribution < 1.29 is 14.2 Å². The molecular weight excluding hydrogens is 289 g/mol. The standard InChI is InChI=1S/C12H17BrFNO2/c1-3-15-7-12(2,16)8-17-9-4-5-10(13)11(14)6-9/h4-6,15-16H,3,7-8H2,1-2H3. The maximum Gasteiger partial charge on any atom is 0.141 e. The molecule has 0 heterocycles. The minimum Gasteiger partial charge on any atom is -0.490 e. The van der Waals surface area contributed by atoms with Crippen LogP contribution in [0.2, 0.25) is 0 Å². The van der Waals surface area contributed by atoms with Gasteiger partial charge in [-0.3, -0.25) is 0 Å². The van der Waals surface area contributed by atoms with Crippen LogP contribution in [0.25, 0.3) is 0 Å². The number of likely N-dealkylation sites (N-methyl/N-ethyl adjacent to an activating group) is 1. The minimum atomic E-state index is -0.973. The number of nitrogens with one attached hydrogen (secondary N) is 1. The maximum atomic E-state index is 13.2. The zero-order chi connectivity index (χ0) is 12.9. The lowest BCUT2D eigenvalue weighted by Gasteiger charge is -2.23. The highest BCUT2D eigenvalue weighted by atomic mass is 79.9. The second kappa shape index (κ2) is 6.33. The molecule has 1 aromatic rings. The molecule has 0 bridgehead atoms. The van der Waals surface area contributed by atoms with Crippen LogP contribution in [0.4, 0.5) is 4.39 Å². The zero-order valence-electron chi connectivity index (χ0n) is 9.96. The van der Waals surface area contributed by atoms with Crippen molar-refractivity contribution in [3.05, 3.63) is 28.5 Å². The average molecular weight is 306 g/mol. The number of hydrogen-bond acceptors (Lipinski definition) is 3. The SMILES string of the molecule is CCNCC(C)(O)COc1ccc(Br)c(F)c1. The van der Waals surface area contributed by atoms with Gasteiger partial charge < -0.3 is 15.2 Å². The Morgan fingerprint density at radius 1 is 1.53 bits per heavy atom. The van der Waals surface area contributed by atoms with E-state index in [0.717, 1.165) is 6.54 Å². The summed E-state index contributed by atoms with van der Waals surface area (Å²) in [4.78, 5) is 0. The summed E-state index contributed by atoms with van der Waals surface area (Å²) in [7, 11) is 0. The Morgan fingerprint density at radius 3 is 2.82 bits per heavy atom. The first-order valence-corrected chi connectivity index (χ1v) is 6.25. The molecule has 0 amide bonds. The summed E-state index contributed by atoms with van der Waals surface area (Å²) in [5, 5.41) is 13.0. The molecule has 5 heteroatoms. The van der Waals surface area contributed by atoms with Gasteiger partial charge in [0.2, 0.25) is 0 Å². The fourth-order valence-electron chi connectivity index (χ4n) is 1.25. The highest BCUT2D eigenvalue weighted by Crippen LogP contribution is 2.21. The van der Waals surface area contributed by atoms with Gasteiger partial charge in [0.25, 0.3) is 0 Å². The Labute approximate surface area is 109 Å². The zero-order valence-corrected chi connectivity index (χ0v) is 11.6. The molecule has 0 radical (unpaired) electrons. The van der Waals surface area contributed by atoms with Crippen LogP contribution in [-0.4, -0.2) is 30.4 Å². The molecule has 2 N–H and O–H groups in total. The van der Waals surface area contributed by atoms with E-state index in [4.69, 9.17) is 4.74 Å². The smallest absolute Gasteiger partial charge is 0.141 e. The van der Waals surface area contributed by atoms with E-state index < -0.39 is 5.60 Å². The highest BCUT2D eigenvalue weighted by molar-refractivity contribution is 9.10. The number of aliphatic hydroxyl groups is 1. The van der Waals surface area contributed by atoms with E-state index >= 15 is 0 Å². The molecule has 0 spiro atoms. The van der Waals surface area contributed by atoms with Gasteiger partial charge >= 0.3 is 0 Å². The lowest BCUT2D eigenvalue weighted by atomic mass is 10.1. The third-order valence-electron chi connectivity index (χ3n) is 2.20. The number of rotatable bonds is 6. The van der Waals surface area contributed by atoms with Crippen molar-refractivity contribution in [2.45, 2.75) is 19.4 Å². The van der Waals surface area contributed by atoms with Crippen LogP contribution in [0, 0.1) is 5.82 Å². The van der Waals surface area contributed by atoms with E-state index in [0.29, 0.717) is 16.8 Å². The molecule has 1 rings (SSSR count). The monoisotopic (exact) mass is 305 g/mol. The molecule has 1 aromatic carbocycles. The summed E-state index contributed by atoms with van der Waals surface area (Å²) in [5.41, 5.74) is -0.973. The van der Waals surface area contributed by atoms with Gasteiger partial charge in [-0.05, 0) is 41.5 Å². The average Bonchev–Trinajstić information content (AvgIpc) is 2.28. The molecule has 1 atom stereocenters. The van der Waals surface area contributed by atoms with E-state index in [-0.39, 0.29) is 12.4 Å². The highest BCUT2D eigenvalue weighted by Gasteiger charge is 2.20. The molecule has 0 saturated carbocycles. The third-order valence-corrected chi connectivity index (χ3v) is 2.84. The topological polar surface area (TPSA) is 41.5 Å². The molecule has 0 aliphatic carbocycles. The summed E-state index contributed by atoms with van der Waals surface area (Å²) >= 11 is 3.06. The third kappa shape index (κ3) is 5.02. The van der Waals surface area contributed by atoms with Gasteiger partial charge in [0.15, 0.2) is 0 Å². The number of halogens is 2. The molecule has 0 aliphatic heterocycles. The van der Waals surface area contributed by atoms with E-state index in [1.54, 1.807) is 19.1 Å². The van der Waals surface area contributed by atoms with Crippen molar-refractivity contribution in [1.82, 2.24) is 5.32 Å². The normalized spacial score (nSPS) is 14.4. The molecule has 17 heavy (non-hydrogen) atoms. The van der Waals surface area contributed by atoms with E-state index in [9.17, 15) is 9.50 Å². The van der Waals surface area contributed by atoms with Crippen LogP contribution >= 0.6 is 15.9 Å². The Balaban J connectivity index is 2.51. The molecule has 1 unspecified atom stereocenters. The predicted octanol–water partition coefficient (Wildman–Crippen LogP) is 2.33. The van der Waals surface area contributed by atoms with Crippen molar-refractivity contribution in [1.29, 1.82) is 0 Å². The Hall–Kier alpha value is -0.650. The first kappa shape index (κ1) is 14.4. The summed E-state index contributed by atoms with van der Waals surface area (Å²) in [6.07, 6.45) is 0. The van der Waals surface area contributed by atoms with E-state index in [1.165, 1.54) is 6.07 Å². The quantitative estimate of drug-likeness (QED) is 0.847. The van der Waals surface area contributed by atoms with Crippen LogP contribution in [0.5, 0.6) is 5.75 Å². The van der Waals surface area contributed by atoms with Crippen molar-refractivity contribution in [3.8, 4) is 5.75 Å². The Morgan fingerprint density at radius 2 is 2.24 bits per heavy atom. The van der Waals surface area contributed by atoms with Crippen LogP contribution in [0.1, 0.15) is 13.8 Å². The lowest BCUT2D eigenvalue weighted by Crippen LogP contribution is -2.42. The molecule has 96 valence electrons. The van der Waals surface area contributed by atoms with Gasteiger partial charge in [0.05, 0.1) is 4.47 Å². The number of benzene rings is 1. The largest absolute Gasteiger partial charge is 0.490 e. The summed E-state index contributed by atoms with van der Waals surface area (Å²) in [6.45, 7) is 4.96. The van der Waals surface area contributed by atoms with Crippen molar-refractivity contribution >= 4 is 15.9 Å². The predicted molar refractivity (Wildman–Crippen MR) is 68.8 cm³/mol. The van der Waals surface area contributed by atoms with Gasteiger partial charge in [-0.2, -0.15) is 0 Å². The molecule has 0 aromatic heterocycles. The van der Waals surface area contributed by atoms with Gasteiger partial charge in [-0.1, -0.05) is 6.92 Å². The van der Waals surface area contributed by atoms with Gasteiger partial charge in [-0.25, -0.2) is 4.39 Å². The first-order chi connectivity index (χ1) is 7.94. The minimum absolute atomic E-state index is 0.112. The lowest BCUT2D eigenvalue weighted by molar-refractivity contribution is 0.0126. The Bertz CT molecular complexity index is 372. The summed E-state index contributed by atoms with van der Waals surface area (Å²) in [6, 6.07) is 4.51. The molecule has 3 nitrogen and oxygen atoms in total. The van der Waals surface area contributed by atoms with E-state index in [1.807, 2.05) is 6.92 Å². The second-order valence-corrected chi connectivity index (χ2v) is 5.00. The fraction of sp³-hybridized carbons (Fsp3) is 0.500. The van der Waals surface area contributed by atoms with E-state index in [2.05, 4.69) is 21.2 Å². The number of hydrogen-bond donors (Lipinski definition) is 2.